The Morgan fingerprint density at radius 2 is 2.00 bits per heavy atom. The molecule has 3 nitrogen and oxygen atoms in total. The molecular weight excluding hydrogens is 309 g/mol. The van der Waals surface area contributed by atoms with Gasteiger partial charge in [0.05, 0.1) is 0 Å². The van der Waals surface area contributed by atoms with Crippen molar-refractivity contribution in [2.24, 2.45) is 16.6 Å². The zero-order valence-corrected chi connectivity index (χ0v) is 12.6. The Morgan fingerprint density at radius 1 is 1.43 bits per heavy atom. The van der Waals surface area contributed by atoms with Crippen molar-refractivity contribution in [3.63, 3.8) is 0 Å². The average molecular weight is 331 g/mol. The fourth-order valence-electron chi connectivity index (χ4n) is 0.668. The van der Waals surface area contributed by atoms with Gasteiger partial charge in [0.1, 0.15) is 0 Å². The Labute approximate surface area is 109 Å². The maximum absolute atomic E-state index is 5.65. The molecule has 3 N–H and O–H groups in total. The van der Waals surface area contributed by atoms with Gasteiger partial charge < -0.3 is 11.1 Å². The summed E-state index contributed by atoms with van der Waals surface area (Å²) in [5.41, 5.74) is 5.65. The lowest BCUT2D eigenvalue weighted by molar-refractivity contribution is 0.661. The van der Waals surface area contributed by atoms with Crippen molar-refractivity contribution in [1.82, 2.24) is 5.32 Å². The molecular formula is C9H22IN3S. The van der Waals surface area contributed by atoms with Gasteiger partial charge in [0.2, 0.25) is 0 Å². The average Bonchev–Trinajstić information content (AvgIpc) is 2.10. The number of halogens is 1. The Balaban J connectivity index is 0. The van der Waals surface area contributed by atoms with E-state index in [1.54, 1.807) is 0 Å². The number of nitrogens with two attached hydrogens (primary N) is 1. The summed E-state index contributed by atoms with van der Waals surface area (Å²) < 4.78 is 0. The van der Waals surface area contributed by atoms with E-state index < -0.39 is 0 Å². The molecule has 0 aromatic rings. The lowest BCUT2D eigenvalue weighted by Gasteiger charge is -2.10. The molecule has 0 bridgehead atoms. The Kier molecular flexibility index (Phi) is 11.8. The van der Waals surface area contributed by atoms with E-state index in [-0.39, 0.29) is 24.0 Å². The lowest BCUT2D eigenvalue weighted by Crippen LogP contribution is -2.36. The van der Waals surface area contributed by atoms with E-state index >= 15 is 0 Å². The maximum atomic E-state index is 5.65. The molecule has 86 valence electrons. The van der Waals surface area contributed by atoms with E-state index in [1.807, 2.05) is 11.8 Å². The van der Waals surface area contributed by atoms with Crippen LogP contribution in [0.2, 0.25) is 0 Å². The number of hydrogen-bond donors (Lipinski definition) is 2. The van der Waals surface area contributed by atoms with Gasteiger partial charge >= 0.3 is 0 Å². The van der Waals surface area contributed by atoms with Crippen molar-refractivity contribution >= 4 is 41.7 Å². The Hall–Kier alpha value is 0.350. The number of nitrogens with zero attached hydrogens (tertiary/aromatic N) is 1. The third-order valence-corrected chi connectivity index (χ3v) is 2.57. The number of thioether (sulfide) groups is 1. The van der Waals surface area contributed by atoms with Gasteiger partial charge in [0, 0.05) is 18.3 Å². The van der Waals surface area contributed by atoms with Crippen LogP contribution in [-0.2, 0) is 0 Å². The SMILES string of the molecule is CSC(C)CNC(N)=NCC(C)C.I. The molecule has 14 heavy (non-hydrogen) atoms. The van der Waals surface area contributed by atoms with Crippen LogP contribution in [0.4, 0.5) is 0 Å². The van der Waals surface area contributed by atoms with Crippen molar-refractivity contribution in [1.29, 1.82) is 0 Å². The minimum absolute atomic E-state index is 0. The molecule has 0 spiro atoms. The van der Waals surface area contributed by atoms with Crippen LogP contribution >= 0.6 is 35.7 Å². The van der Waals surface area contributed by atoms with E-state index in [2.05, 4.69) is 37.3 Å². The van der Waals surface area contributed by atoms with E-state index in [9.17, 15) is 0 Å². The molecule has 0 aromatic carbocycles. The van der Waals surface area contributed by atoms with E-state index in [4.69, 9.17) is 5.73 Å². The zero-order chi connectivity index (χ0) is 10.3. The fraction of sp³-hybridized carbons (Fsp3) is 0.889. The molecule has 0 saturated carbocycles. The standard InChI is InChI=1S/C9H21N3S.HI/c1-7(2)5-11-9(10)12-6-8(3)13-4;/h7-8H,5-6H2,1-4H3,(H3,10,11,12);1H. The van der Waals surface area contributed by atoms with Gasteiger partial charge in [-0.3, -0.25) is 4.99 Å². The second kappa shape index (κ2) is 9.89. The number of hydrogen-bond acceptors (Lipinski definition) is 2. The van der Waals surface area contributed by atoms with Gasteiger partial charge in [-0.1, -0.05) is 20.8 Å². The van der Waals surface area contributed by atoms with Gasteiger partial charge in [-0.2, -0.15) is 11.8 Å². The zero-order valence-electron chi connectivity index (χ0n) is 9.41. The predicted octanol–water partition coefficient (Wildman–Crippen LogP) is 1.92. The summed E-state index contributed by atoms with van der Waals surface area (Å²) in [5.74, 6) is 1.13. The summed E-state index contributed by atoms with van der Waals surface area (Å²) in [7, 11) is 0. The first kappa shape index (κ1) is 16.8. The highest BCUT2D eigenvalue weighted by Gasteiger charge is 1.99. The van der Waals surface area contributed by atoms with Crippen molar-refractivity contribution in [2.45, 2.75) is 26.0 Å². The first-order valence-corrected chi connectivity index (χ1v) is 5.91. The van der Waals surface area contributed by atoms with Gasteiger partial charge in [-0.15, -0.1) is 24.0 Å². The van der Waals surface area contributed by atoms with Gasteiger partial charge in [-0.25, -0.2) is 0 Å². The highest BCUT2D eigenvalue weighted by Crippen LogP contribution is 2.01. The topological polar surface area (TPSA) is 50.4 Å². The molecule has 0 aliphatic rings. The molecule has 0 saturated heterocycles. The number of nitrogens with one attached hydrogen (secondary N) is 1. The molecule has 0 aliphatic carbocycles. The molecule has 0 aliphatic heterocycles. The predicted molar refractivity (Wildman–Crippen MR) is 77.7 cm³/mol. The summed E-state index contributed by atoms with van der Waals surface area (Å²) >= 11 is 1.82. The second-order valence-corrected chi connectivity index (χ2v) is 4.82. The van der Waals surface area contributed by atoms with Crippen molar-refractivity contribution in [3.8, 4) is 0 Å². The summed E-state index contributed by atoms with van der Waals surface area (Å²) in [6.07, 6.45) is 2.09. The van der Waals surface area contributed by atoms with Crippen LogP contribution in [0.25, 0.3) is 0 Å². The van der Waals surface area contributed by atoms with Crippen LogP contribution < -0.4 is 11.1 Å². The minimum atomic E-state index is 0. The Morgan fingerprint density at radius 3 is 2.43 bits per heavy atom. The van der Waals surface area contributed by atoms with Gasteiger partial charge in [0.15, 0.2) is 5.96 Å². The first-order chi connectivity index (χ1) is 6.06. The quantitative estimate of drug-likeness (QED) is 0.460. The third kappa shape index (κ3) is 10.4. The normalized spacial score (nSPS) is 13.6. The van der Waals surface area contributed by atoms with E-state index in [0.717, 1.165) is 13.1 Å². The number of rotatable bonds is 5. The van der Waals surface area contributed by atoms with Crippen LogP contribution in [0.5, 0.6) is 0 Å². The Bertz CT molecular complexity index is 162. The number of aliphatic imine (C=N–C) groups is 1. The highest BCUT2D eigenvalue weighted by atomic mass is 127. The molecule has 1 atom stereocenters. The summed E-state index contributed by atoms with van der Waals surface area (Å²) in [6.45, 7) is 8.09. The minimum Gasteiger partial charge on any atom is -0.370 e. The molecule has 0 aromatic heterocycles. The van der Waals surface area contributed by atoms with Gasteiger partial charge in [-0.05, 0) is 12.2 Å². The molecule has 1 unspecified atom stereocenters. The van der Waals surface area contributed by atoms with Crippen LogP contribution in [0.3, 0.4) is 0 Å². The highest BCUT2D eigenvalue weighted by molar-refractivity contribution is 14.0. The summed E-state index contributed by atoms with van der Waals surface area (Å²) in [4.78, 5) is 4.20. The third-order valence-electron chi connectivity index (χ3n) is 1.60. The molecule has 5 heteroatoms. The molecule has 0 radical (unpaired) electrons. The van der Waals surface area contributed by atoms with Crippen molar-refractivity contribution < 1.29 is 0 Å². The van der Waals surface area contributed by atoms with Crippen LogP contribution in [-0.4, -0.2) is 30.6 Å². The molecule has 0 rings (SSSR count). The lowest BCUT2D eigenvalue weighted by atomic mass is 10.2. The molecule has 0 amide bonds. The first-order valence-electron chi connectivity index (χ1n) is 4.62. The largest absolute Gasteiger partial charge is 0.370 e. The second-order valence-electron chi connectivity index (χ2n) is 3.55. The fourth-order valence-corrected chi connectivity index (χ4v) is 0.918. The van der Waals surface area contributed by atoms with Crippen LogP contribution in [0.15, 0.2) is 4.99 Å². The summed E-state index contributed by atoms with van der Waals surface area (Å²) in [6, 6.07) is 0. The monoisotopic (exact) mass is 331 g/mol. The van der Waals surface area contributed by atoms with Gasteiger partial charge in [0.25, 0.3) is 0 Å². The van der Waals surface area contributed by atoms with Crippen LogP contribution in [0.1, 0.15) is 20.8 Å². The van der Waals surface area contributed by atoms with Crippen molar-refractivity contribution in [3.05, 3.63) is 0 Å². The summed E-state index contributed by atoms with van der Waals surface area (Å²) in [5, 5.41) is 3.67. The maximum Gasteiger partial charge on any atom is 0.188 e. The van der Waals surface area contributed by atoms with E-state index in [1.165, 1.54) is 0 Å². The molecule has 0 fully saturated rings. The van der Waals surface area contributed by atoms with Crippen LogP contribution in [0, 0.1) is 5.92 Å². The van der Waals surface area contributed by atoms with Crippen molar-refractivity contribution in [2.75, 3.05) is 19.3 Å². The smallest absolute Gasteiger partial charge is 0.188 e. The molecule has 0 heterocycles. The number of guanidine groups is 1. The van der Waals surface area contributed by atoms with E-state index in [0.29, 0.717) is 17.1 Å².